The summed E-state index contributed by atoms with van der Waals surface area (Å²) < 4.78 is 26.1. The Kier molecular flexibility index (Phi) is 7.73. The van der Waals surface area contributed by atoms with E-state index in [-0.39, 0.29) is 5.91 Å². The molecule has 6 nitrogen and oxygen atoms in total. The highest BCUT2D eigenvalue weighted by Gasteiger charge is 2.29. The van der Waals surface area contributed by atoms with Crippen molar-refractivity contribution in [2.75, 3.05) is 23.7 Å². The molecule has 0 spiro atoms. The van der Waals surface area contributed by atoms with Crippen LogP contribution in [0.2, 0.25) is 0 Å². The Hall–Kier alpha value is -2.38. The zero-order valence-electron chi connectivity index (χ0n) is 18.7. The second-order valence-corrected chi connectivity index (χ2v) is 10.1. The second kappa shape index (κ2) is 10.3. The van der Waals surface area contributed by atoms with E-state index in [0.29, 0.717) is 12.2 Å². The van der Waals surface area contributed by atoms with Crippen LogP contribution in [0.3, 0.4) is 0 Å². The third kappa shape index (κ3) is 6.31. The number of hydrogen-bond acceptors (Lipinski definition) is 4. The van der Waals surface area contributed by atoms with Gasteiger partial charge in [-0.25, -0.2) is 8.42 Å². The van der Waals surface area contributed by atoms with Gasteiger partial charge in [0.15, 0.2) is 0 Å². The summed E-state index contributed by atoms with van der Waals surface area (Å²) in [5.41, 5.74) is 3.85. The molecular formula is C24H33N3O3S. The number of rotatable bonds is 9. The number of anilines is 1. The minimum atomic E-state index is -3.62. The minimum absolute atomic E-state index is 0.324. The lowest BCUT2D eigenvalue weighted by Gasteiger charge is -2.28. The molecule has 0 aromatic heterocycles. The molecule has 1 aliphatic heterocycles. The van der Waals surface area contributed by atoms with Crippen molar-refractivity contribution in [3.63, 3.8) is 0 Å². The molecule has 1 saturated heterocycles. The van der Waals surface area contributed by atoms with Gasteiger partial charge >= 0.3 is 0 Å². The molecule has 1 N–H and O–H groups in total. The Morgan fingerprint density at radius 2 is 1.71 bits per heavy atom. The van der Waals surface area contributed by atoms with Crippen molar-refractivity contribution in [3.8, 4) is 0 Å². The second-order valence-electron chi connectivity index (χ2n) is 8.28. The molecule has 31 heavy (non-hydrogen) atoms. The molecule has 0 saturated carbocycles. The van der Waals surface area contributed by atoms with Crippen molar-refractivity contribution in [1.29, 1.82) is 0 Å². The standard InChI is InChI=1S/C24H33N3O3S/c1-4-20-10-12-23(13-11-20)27(31(3,29)30)19(2)24(28)25-17-21-8-7-9-22(16-21)18-26-14-5-6-15-26/h7-13,16,19H,4-6,14-15,17-18H2,1-3H3,(H,25,28)/t19-/m0/s1. The van der Waals surface area contributed by atoms with Gasteiger partial charge in [0.1, 0.15) is 6.04 Å². The number of hydrogen-bond donors (Lipinski definition) is 1. The maximum Gasteiger partial charge on any atom is 0.243 e. The molecule has 0 aliphatic carbocycles. The van der Waals surface area contributed by atoms with E-state index in [1.165, 1.54) is 22.7 Å². The molecule has 1 atom stereocenters. The maximum absolute atomic E-state index is 12.8. The van der Waals surface area contributed by atoms with Gasteiger partial charge in [-0.2, -0.15) is 0 Å². The van der Waals surface area contributed by atoms with E-state index in [9.17, 15) is 13.2 Å². The van der Waals surface area contributed by atoms with E-state index in [2.05, 4.69) is 22.3 Å². The molecule has 1 aliphatic rings. The molecule has 7 heteroatoms. The fraction of sp³-hybridized carbons (Fsp3) is 0.458. The average molecular weight is 444 g/mol. The highest BCUT2D eigenvalue weighted by atomic mass is 32.2. The zero-order valence-corrected chi connectivity index (χ0v) is 19.5. The normalized spacial score (nSPS) is 15.6. The van der Waals surface area contributed by atoms with Crippen molar-refractivity contribution in [3.05, 3.63) is 65.2 Å². The first kappa shape index (κ1) is 23.3. The van der Waals surface area contributed by atoms with E-state index in [1.807, 2.05) is 31.2 Å². The van der Waals surface area contributed by atoms with Gasteiger partial charge in [-0.1, -0.05) is 43.3 Å². The first-order valence-electron chi connectivity index (χ1n) is 10.9. The Balaban J connectivity index is 1.66. The molecule has 1 amide bonds. The molecule has 2 aromatic carbocycles. The van der Waals surface area contributed by atoms with Gasteiger partial charge in [0.2, 0.25) is 15.9 Å². The summed E-state index contributed by atoms with van der Waals surface area (Å²) in [7, 11) is -3.62. The van der Waals surface area contributed by atoms with E-state index < -0.39 is 16.1 Å². The molecule has 1 fully saturated rings. The van der Waals surface area contributed by atoms with Crippen molar-refractivity contribution in [2.45, 2.75) is 52.2 Å². The first-order chi connectivity index (χ1) is 14.8. The van der Waals surface area contributed by atoms with Crippen molar-refractivity contribution >= 4 is 21.6 Å². The van der Waals surface area contributed by atoms with Gasteiger partial charge in [0.05, 0.1) is 11.9 Å². The van der Waals surface area contributed by atoms with E-state index in [1.54, 1.807) is 19.1 Å². The van der Waals surface area contributed by atoms with E-state index in [0.717, 1.165) is 43.4 Å². The Morgan fingerprint density at radius 1 is 1.06 bits per heavy atom. The van der Waals surface area contributed by atoms with Gasteiger partial charge < -0.3 is 5.32 Å². The van der Waals surface area contributed by atoms with Gasteiger partial charge in [-0.05, 0) is 68.1 Å². The molecule has 1 heterocycles. The predicted octanol–water partition coefficient (Wildman–Crippen LogP) is 3.32. The number of nitrogens with one attached hydrogen (secondary N) is 1. The summed E-state index contributed by atoms with van der Waals surface area (Å²) in [6.07, 6.45) is 4.51. The van der Waals surface area contributed by atoms with Crippen LogP contribution in [0, 0.1) is 0 Å². The van der Waals surface area contributed by atoms with Crippen molar-refractivity contribution in [2.24, 2.45) is 0 Å². The van der Waals surface area contributed by atoms with Gasteiger partial charge in [0, 0.05) is 13.1 Å². The Labute approximate surface area is 186 Å². The molecule has 168 valence electrons. The van der Waals surface area contributed by atoms with E-state index >= 15 is 0 Å². The summed E-state index contributed by atoms with van der Waals surface area (Å²) in [5, 5.41) is 2.91. The quantitative estimate of drug-likeness (QED) is 0.646. The van der Waals surface area contributed by atoms with Crippen molar-refractivity contribution in [1.82, 2.24) is 10.2 Å². The van der Waals surface area contributed by atoms with Crippen LogP contribution >= 0.6 is 0 Å². The average Bonchev–Trinajstić information content (AvgIpc) is 3.25. The Morgan fingerprint density at radius 3 is 2.32 bits per heavy atom. The lowest BCUT2D eigenvalue weighted by atomic mass is 10.1. The van der Waals surface area contributed by atoms with Crippen LogP contribution in [0.15, 0.2) is 48.5 Å². The molecule has 0 bridgehead atoms. The summed E-state index contributed by atoms with van der Waals surface area (Å²) in [5.74, 6) is -0.324. The van der Waals surface area contributed by atoms with Crippen LogP contribution in [-0.4, -0.2) is 44.6 Å². The topological polar surface area (TPSA) is 69.7 Å². The number of aryl methyl sites for hydroxylation is 1. The number of nitrogens with zero attached hydrogens (tertiary/aromatic N) is 2. The van der Waals surface area contributed by atoms with Crippen molar-refractivity contribution < 1.29 is 13.2 Å². The maximum atomic E-state index is 12.8. The molecule has 0 radical (unpaired) electrons. The number of carbonyl (C=O) groups is 1. The monoisotopic (exact) mass is 443 g/mol. The first-order valence-corrected chi connectivity index (χ1v) is 12.8. The number of benzene rings is 2. The zero-order chi connectivity index (χ0) is 22.4. The number of likely N-dealkylation sites (tertiary alicyclic amines) is 1. The summed E-state index contributed by atoms with van der Waals surface area (Å²) >= 11 is 0. The molecular weight excluding hydrogens is 410 g/mol. The van der Waals surface area contributed by atoms with E-state index in [4.69, 9.17) is 0 Å². The van der Waals surface area contributed by atoms with Crippen LogP contribution in [-0.2, 0) is 34.3 Å². The summed E-state index contributed by atoms with van der Waals surface area (Å²) in [6.45, 7) is 7.22. The fourth-order valence-corrected chi connectivity index (χ4v) is 5.24. The molecule has 0 unspecified atom stereocenters. The van der Waals surface area contributed by atoms with Crippen LogP contribution in [0.1, 0.15) is 43.4 Å². The predicted molar refractivity (Wildman–Crippen MR) is 125 cm³/mol. The summed E-state index contributed by atoms with van der Waals surface area (Å²) in [6, 6.07) is 14.7. The van der Waals surface area contributed by atoms with Gasteiger partial charge in [0.25, 0.3) is 0 Å². The Bertz CT molecular complexity index is 983. The third-order valence-corrected chi connectivity index (χ3v) is 6.99. The van der Waals surface area contributed by atoms with Gasteiger partial charge in [-0.3, -0.25) is 14.0 Å². The minimum Gasteiger partial charge on any atom is -0.350 e. The fourth-order valence-electron chi connectivity index (χ4n) is 4.06. The molecule has 2 aromatic rings. The lowest BCUT2D eigenvalue weighted by molar-refractivity contribution is -0.122. The smallest absolute Gasteiger partial charge is 0.243 e. The third-order valence-electron chi connectivity index (χ3n) is 5.75. The largest absolute Gasteiger partial charge is 0.350 e. The number of carbonyl (C=O) groups excluding carboxylic acids is 1. The summed E-state index contributed by atoms with van der Waals surface area (Å²) in [4.78, 5) is 15.3. The highest BCUT2D eigenvalue weighted by molar-refractivity contribution is 7.92. The van der Waals surface area contributed by atoms with Gasteiger partial charge in [-0.15, -0.1) is 0 Å². The van der Waals surface area contributed by atoms with Crippen LogP contribution in [0.25, 0.3) is 0 Å². The number of amides is 1. The van der Waals surface area contributed by atoms with Crippen LogP contribution in [0.4, 0.5) is 5.69 Å². The highest BCUT2D eigenvalue weighted by Crippen LogP contribution is 2.22. The van der Waals surface area contributed by atoms with Crippen LogP contribution in [0.5, 0.6) is 0 Å². The lowest BCUT2D eigenvalue weighted by Crippen LogP contribution is -2.47. The number of sulfonamides is 1. The molecule has 3 rings (SSSR count). The SMILES string of the molecule is CCc1ccc(N([C@@H](C)C(=O)NCc2cccc(CN3CCCC3)c2)S(C)(=O)=O)cc1. The van der Waals surface area contributed by atoms with Crippen LogP contribution < -0.4 is 9.62 Å².